The van der Waals surface area contributed by atoms with Crippen LogP contribution in [0.1, 0.15) is 23.5 Å². The monoisotopic (exact) mass is 310 g/mol. The highest BCUT2D eigenvalue weighted by Crippen LogP contribution is 2.47. The number of nitrogens with one attached hydrogen (secondary N) is 1. The zero-order valence-corrected chi connectivity index (χ0v) is 13.4. The van der Waals surface area contributed by atoms with Crippen LogP contribution in [0.2, 0.25) is 0 Å². The molecule has 0 aliphatic carbocycles. The molecule has 2 atom stereocenters. The van der Waals surface area contributed by atoms with Gasteiger partial charge in [0.15, 0.2) is 0 Å². The minimum Gasteiger partial charge on any atom is -0.356 e. The maximum absolute atomic E-state index is 12.6. The lowest BCUT2D eigenvalue weighted by Gasteiger charge is -2.27. The fourth-order valence-corrected chi connectivity index (χ4v) is 4.22. The van der Waals surface area contributed by atoms with E-state index in [1.165, 1.54) is 11.1 Å². The third kappa shape index (κ3) is 2.45. The van der Waals surface area contributed by atoms with E-state index in [2.05, 4.69) is 45.8 Å². The summed E-state index contributed by atoms with van der Waals surface area (Å²) in [6, 6.07) is 10.5. The quantitative estimate of drug-likeness (QED) is 0.935. The number of likely N-dealkylation sites (tertiary alicyclic amines) is 1. The molecule has 3 heterocycles. The van der Waals surface area contributed by atoms with Crippen LogP contribution < -0.4 is 5.32 Å². The smallest absolute Gasteiger partial charge is 0.228 e. The second-order valence-electron chi connectivity index (χ2n) is 6.82. The molecule has 0 radical (unpaired) electrons. The SMILES string of the molecule is Cn1cc(CN2C[C@H](c3ccccc3)[C@]3(CCNC3=O)C2)cn1. The molecule has 120 valence electrons. The van der Waals surface area contributed by atoms with Crippen LogP contribution in [0.25, 0.3) is 0 Å². The van der Waals surface area contributed by atoms with E-state index in [1.807, 2.05) is 24.0 Å². The molecule has 1 aromatic heterocycles. The van der Waals surface area contributed by atoms with E-state index in [-0.39, 0.29) is 17.2 Å². The lowest BCUT2D eigenvalue weighted by molar-refractivity contribution is -0.127. The van der Waals surface area contributed by atoms with Crippen LogP contribution in [0, 0.1) is 5.41 Å². The number of aromatic nitrogens is 2. The summed E-state index contributed by atoms with van der Waals surface area (Å²) in [5.74, 6) is 0.489. The minimum absolute atomic E-state index is 0.222. The Labute approximate surface area is 136 Å². The van der Waals surface area contributed by atoms with Crippen LogP contribution in [0.5, 0.6) is 0 Å². The van der Waals surface area contributed by atoms with E-state index < -0.39 is 0 Å². The van der Waals surface area contributed by atoms with Crippen LogP contribution in [0.3, 0.4) is 0 Å². The van der Waals surface area contributed by atoms with Crippen LogP contribution in [-0.2, 0) is 18.4 Å². The summed E-state index contributed by atoms with van der Waals surface area (Å²) < 4.78 is 1.83. The molecular weight excluding hydrogens is 288 g/mol. The predicted octanol–water partition coefficient (Wildman–Crippen LogP) is 1.53. The summed E-state index contributed by atoms with van der Waals surface area (Å²) in [6.45, 7) is 3.40. The van der Waals surface area contributed by atoms with Crippen molar-refractivity contribution in [3.8, 4) is 0 Å². The summed E-state index contributed by atoms with van der Waals surface area (Å²) in [6.07, 6.45) is 4.89. The number of nitrogens with zero attached hydrogens (tertiary/aromatic N) is 3. The molecule has 0 bridgehead atoms. The molecule has 4 rings (SSSR count). The summed E-state index contributed by atoms with van der Waals surface area (Å²) in [4.78, 5) is 15.0. The molecule has 2 aliphatic rings. The van der Waals surface area contributed by atoms with Crippen molar-refractivity contribution < 1.29 is 4.79 Å². The van der Waals surface area contributed by atoms with Gasteiger partial charge in [-0.1, -0.05) is 30.3 Å². The minimum atomic E-state index is -0.274. The van der Waals surface area contributed by atoms with Crippen molar-refractivity contribution in [2.75, 3.05) is 19.6 Å². The molecule has 5 heteroatoms. The Hall–Kier alpha value is -2.14. The molecular formula is C18H22N4O. The zero-order valence-electron chi connectivity index (χ0n) is 13.4. The first-order valence-electron chi connectivity index (χ1n) is 8.20. The third-order valence-electron chi connectivity index (χ3n) is 5.29. The van der Waals surface area contributed by atoms with Gasteiger partial charge < -0.3 is 5.32 Å². The van der Waals surface area contributed by atoms with Crippen molar-refractivity contribution in [1.82, 2.24) is 20.0 Å². The Balaban J connectivity index is 1.62. The van der Waals surface area contributed by atoms with Crippen molar-refractivity contribution in [1.29, 1.82) is 0 Å². The van der Waals surface area contributed by atoms with Crippen LogP contribution in [0.4, 0.5) is 0 Å². The van der Waals surface area contributed by atoms with Gasteiger partial charge in [-0.15, -0.1) is 0 Å². The van der Waals surface area contributed by atoms with Crippen molar-refractivity contribution in [2.24, 2.45) is 12.5 Å². The van der Waals surface area contributed by atoms with Gasteiger partial charge in [0.05, 0.1) is 11.6 Å². The van der Waals surface area contributed by atoms with Crippen molar-refractivity contribution >= 4 is 5.91 Å². The first-order valence-corrected chi connectivity index (χ1v) is 8.20. The second-order valence-corrected chi connectivity index (χ2v) is 6.82. The van der Waals surface area contributed by atoms with E-state index in [4.69, 9.17) is 0 Å². The van der Waals surface area contributed by atoms with E-state index in [0.717, 1.165) is 32.6 Å². The first-order chi connectivity index (χ1) is 11.2. The molecule has 0 saturated carbocycles. The Morgan fingerprint density at radius 1 is 1.35 bits per heavy atom. The maximum Gasteiger partial charge on any atom is 0.228 e. The van der Waals surface area contributed by atoms with E-state index in [1.54, 1.807) is 0 Å². The summed E-state index contributed by atoms with van der Waals surface area (Å²) >= 11 is 0. The highest BCUT2D eigenvalue weighted by molar-refractivity contribution is 5.86. The Bertz CT molecular complexity index is 711. The van der Waals surface area contributed by atoms with Gasteiger partial charge in [-0.25, -0.2) is 0 Å². The molecule has 0 unspecified atom stereocenters. The molecule has 1 N–H and O–H groups in total. The lowest BCUT2D eigenvalue weighted by Crippen LogP contribution is -2.37. The summed E-state index contributed by atoms with van der Waals surface area (Å²) in [7, 11) is 1.94. The fraction of sp³-hybridized carbons (Fsp3) is 0.444. The first kappa shape index (κ1) is 14.5. The van der Waals surface area contributed by atoms with Crippen molar-refractivity contribution in [3.63, 3.8) is 0 Å². The lowest BCUT2D eigenvalue weighted by atomic mass is 9.73. The van der Waals surface area contributed by atoms with Gasteiger partial charge in [0, 0.05) is 50.9 Å². The summed E-state index contributed by atoms with van der Waals surface area (Å²) in [5.41, 5.74) is 2.21. The van der Waals surface area contributed by atoms with Crippen LogP contribution in [0.15, 0.2) is 42.7 Å². The average molecular weight is 310 g/mol. The van der Waals surface area contributed by atoms with Crippen LogP contribution in [-0.4, -0.2) is 40.2 Å². The number of aryl methyl sites for hydroxylation is 1. The van der Waals surface area contributed by atoms with Gasteiger partial charge in [0.1, 0.15) is 0 Å². The number of hydrogen-bond acceptors (Lipinski definition) is 3. The predicted molar refractivity (Wildman–Crippen MR) is 87.7 cm³/mol. The number of carbonyl (C=O) groups excluding carboxylic acids is 1. The van der Waals surface area contributed by atoms with Crippen molar-refractivity contribution in [2.45, 2.75) is 18.9 Å². The Morgan fingerprint density at radius 3 is 2.83 bits per heavy atom. The average Bonchev–Trinajstić information content (AvgIpc) is 3.23. The van der Waals surface area contributed by atoms with Crippen molar-refractivity contribution in [3.05, 3.63) is 53.9 Å². The molecule has 2 aromatic rings. The number of amides is 1. The summed E-state index contributed by atoms with van der Waals surface area (Å²) in [5, 5.41) is 7.31. The number of hydrogen-bond donors (Lipinski definition) is 1. The molecule has 1 aromatic carbocycles. The largest absolute Gasteiger partial charge is 0.356 e. The normalized spacial score (nSPS) is 27.7. The van der Waals surface area contributed by atoms with E-state index in [9.17, 15) is 4.79 Å². The Kier molecular flexibility index (Phi) is 3.45. The van der Waals surface area contributed by atoms with Gasteiger partial charge in [-0.2, -0.15) is 5.10 Å². The van der Waals surface area contributed by atoms with Gasteiger partial charge in [-0.3, -0.25) is 14.4 Å². The molecule has 5 nitrogen and oxygen atoms in total. The fourth-order valence-electron chi connectivity index (χ4n) is 4.22. The molecule has 2 aliphatic heterocycles. The van der Waals surface area contributed by atoms with Gasteiger partial charge in [0.2, 0.25) is 5.91 Å². The standard InChI is InChI=1S/C18H22N4O/c1-21-10-14(9-20-21)11-22-12-16(15-5-3-2-4-6-15)18(13-22)7-8-19-17(18)23/h2-6,9-10,16H,7-8,11-13H2,1H3,(H,19,23)/t16-,18+/m1/s1. The number of benzene rings is 1. The molecule has 1 amide bonds. The van der Waals surface area contributed by atoms with E-state index >= 15 is 0 Å². The third-order valence-corrected chi connectivity index (χ3v) is 5.29. The van der Waals surface area contributed by atoms with Gasteiger partial charge in [0.25, 0.3) is 0 Å². The second kappa shape index (κ2) is 5.49. The number of rotatable bonds is 3. The van der Waals surface area contributed by atoms with Crippen LogP contribution >= 0.6 is 0 Å². The molecule has 2 fully saturated rings. The number of carbonyl (C=O) groups is 1. The maximum atomic E-state index is 12.6. The molecule has 2 saturated heterocycles. The van der Waals surface area contributed by atoms with Gasteiger partial charge >= 0.3 is 0 Å². The molecule has 1 spiro atoms. The molecule has 23 heavy (non-hydrogen) atoms. The topological polar surface area (TPSA) is 50.2 Å². The Morgan fingerprint density at radius 2 is 2.17 bits per heavy atom. The van der Waals surface area contributed by atoms with E-state index in [0.29, 0.717) is 0 Å². The van der Waals surface area contributed by atoms with Gasteiger partial charge in [-0.05, 0) is 12.0 Å². The highest BCUT2D eigenvalue weighted by atomic mass is 16.2. The zero-order chi connectivity index (χ0) is 15.9. The highest BCUT2D eigenvalue weighted by Gasteiger charge is 2.54.